The molecule has 0 N–H and O–H groups in total. The van der Waals surface area contributed by atoms with E-state index in [9.17, 15) is 4.79 Å². The zero-order valence-corrected chi connectivity index (χ0v) is 17.4. The molecule has 0 radical (unpaired) electrons. The monoisotopic (exact) mass is 466 g/mol. The molecule has 0 spiro atoms. The number of fused-ring (bicyclic) bond motifs is 2. The van der Waals surface area contributed by atoms with Gasteiger partial charge in [0.05, 0.1) is 0 Å². The molecule has 0 aliphatic carbocycles. The number of hydrogen-bond donors (Lipinski definition) is 0. The Kier molecular flexibility index (Phi) is 5.75. The first kappa shape index (κ1) is 19.0. The molecule has 0 saturated heterocycles. The predicted molar refractivity (Wildman–Crippen MR) is 110 cm³/mol. The second-order valence-corrected chi connectivity index (χ2v) is 7.84. The summed E-state index contributed by atoms with van der Waals surface area (Å²) >= 11 is 2.10. The van der Waals surface area contributed by atoms with Crippen molar-refractivity contribution in [3.05, 3.63) is 48.0 Å². The summed E-state index contributed by atoms with van der Waals surface area (Å²) in [4.78, 5) is 11.9. The third kappa shape index (κ3) is 3.68. The van der Waals surface area contributed by atoms with Crippen molar-refractivity contribution in [3.63, 3.8) is 0 Å². The highest BCUT2D eigenvalue weighted by Gasteiger charge is 2.34. The van der Waals surface area contributed by atoms with E-state index in [2.05, 4.69) is 42.5 Å². The van der Waals surface area contributed by atoms with Crippen LogP contribution >= 0.6 is 22.6 Å². The topological polar surface area (TPSA) is 48.7 Å². The van der Waals surface area contributed by atoms with E-state index in [0.717, 1.165) is 41.7 Å². The molecule has 1 atom stereocenters. The minimum absolute atomic E-state index is 0.135. The van der Waals surface area contributed by atoms with E-state index < -0.39 is 5.60 Å². The second-order valence-electron chi connectivity index (χ2n) is 6.33. The van der Waals surface area contributed by atoms with E-state index in [0.29, 0.717) is 5.75 Å². The van der Waals surface area contributed by atoms with Crippen LogP contribution in [0.15, 0.2) is 46.9 Å². The van der Waals surface area contributed by atoms with Crippen LogP contribution in [0.1, 0.15) is 45.6 Å². The van der Waals surface area contributed by atoms with Gasteiger partial charge in [-0.1, -0.05) is 43.4 Å². The van der Waals surface area contributed by atoms with Crippen molar-refractivity contribution in [2.45, 2.75) is 49.6 Å². The number of halogens is 1. The Bertz CT molecular complexity index is 848. The van der Waals surface area contributed by atoms with Gasteiger partial charge in [0.1, 0.15) is 32.2 Å². The summed E-state index contributed by atoms with van der Waals surface area (Å²) in [5, 5.41) is 0. The van der Waals surface area contributed by atoms with Gasteiger partial charge in [-0.05, 0) is 61.7 Å². The summed E-state index contributed by atoms with van der Waals surface area (Å²) in [5.74, 6) is 1.06. The minimum atomic E-state index is -0.435. The largest absolute Gasteiger partial charge is 0.482 e. The van der Waals surface area contributed by atoms with Crippen LogP contribution in [0.25, 0.3) is 11.2 Å². The minimum Gasteiger partial charge on any atom is -0.482 e. The standard InChI is InChI=1S/C21H23IO4/c1-4-18(22)20(23)25-14-7-9-15(10-8-14)26-21(5-2,6-3)17-13-16-11-12-19(17)24-16/h7-13,18H,4-6H2,1-3H3. The smallest absolute Gasteiger partial charge is 0.324 e. The van der Waals surface area contributed by atoms with Gasteiger partial charge >= 0.3 is 5.97 Å². The van der Waals surface area contributed by atoms with Crippen molar-refractivity contribution < 1.29 is 18.7 Å². The molecule has 2 heterocycles. The molecule has 0 fully saturated rings. The van der Waals surface area contributed by atoms with Gasteiger partial charge in [0.15, 0.2) is 0 Å². The van der Waals surface area contributed by atoms with Gasteiger partial charge in [-0.2, -0.15) is 0 Å². The van der Waals surface area contributed by atoms with E-state index >= 15 is 0 Å². The van der Waals surface area contributed by atoms with E-state index in [1.165, 1.54) is 0 Å². The first-order valence-electron chi connectivity index (χ1n) is 8.98. The highest BCUT2D eigenvalue weighted by molar-refractivity contribution is 14.1. The fourth-order valence-electron chi connectivity index (χ4n) is 3.12. The van der Waals surface area contributed by atoms with E-state index in [4.69, 9.17) is 13.9 Å². The van der Waals surface area contributed by atoms with Crippen molar-refractivity contribution in [1.82, 2.24) is 0 Å². The van der Waals surface area contributed by atoms with Crippen molar-refractivity contribution in [3.8, 4) is 11.5 Å². The quantitative estimate of drug-likeness (QED) is 0.175. The lowest BCUT2D eigenvalue weighted by Gasteiger charge is -2.32. The Morgan fingerprint density at radius 3 is 2.23 bits per heavy atom. The van der Waals surface area contributed by atoms with Crippen LogP contribution in [0.2, 0.25) is 0 Å². The molecule has 3 aromatic rings. The zero-order valence-electron chi connectivity index (χ0n) is 15.3. The number of alkyl halides is 1. The molecular formula is C21H23IO4. The van der Waals surface area contributed by atoms with Crippen LogP contribution in [0, 0.1) is 0 Å². The molecule has 1 unspecified atom stereocenters. The summed E-state index contributed by atoms with van der Waals surface area (Å²) in [5.41, 5.74) is 2.40. The summed E-state index contributed by atoms with van der Waals surface area (Å²) in [6.45, 7) is 6.20. The Labute approximate surface area is 167 Å². The fraction of sp³-hybridized carbons (Fsp3) is 0.381. The highest BCUT2D eigenvalue weighted by atomic mass is 127. The van der Waals surface area contributed by atoms with Crippen LogP contribution in [0.5, 0.6) is 11.5 Å². The Morgan fingerprint density at radius 2 is 1.73 bits per heavy atom. The van der Waals surface area contributed by atoms with Crippen LogP contribution < -0.4 is 9.47 Å². The number of ether oxygens (including phenoxy) is 2. The molecule has 2 bridgehead atoms. The lowest BCUT2D eigenvalue weighted by Crippen LogP contribution is -2.31. The molecule has 0 saturated carbocycles. The van der Waals surface area contributed by atoms with Crippen LogP contribution in [0.4, 0.5) is 0 Å². The molecule has 1 aromatic carbocycles. The highest BCUT2D eigenvalue weighted by Crippen LogP contribution is 2.40. The Morgan fingerprint density at radius 1 is 1.08 bits per heavy atom. The van der Waals surface area contributed by atoms with Gasteiger partial charge in [-0.15, -0.1) is 0 Å². The average molecular weight is 466 g/mol. The van der Waals surface area contributed by atoms with Crippen molar-refractivity contribution >= 4 is 39.7 Å². The van der Waals surface area contributed by atoms with Crippen molar-refractivity contribution in [2.24, 2.45) is 0 Å². The number of esters is 1. The van der Waals surface area contributed by atoms with Gasteiger partial charge in [0.2, 0.25) is 0 Å². The molecular weight excluding hydrogens is 443 g/mol. The number of hydrogen-bond acceptors (Lipinski definition) is 4. The maximum absolute atomic E-state index is 11.9. The molecule has 4 nitrogen and oxygen atoms in total. The summed E-state index contributed by atoms with van der Waals surface area (Å²) in [7, 11) is 0. The van der Waals surface area contributed by atoms with E-state index in [1.807, 2.05) is 31.2 Å². The lowest BCUT2D eigenvalue weighted by atomic mass is 9.88. The van der Waals surface area contributed by atoms with Crippen molar-refractivity contribution in [1.29, 1.82) is 0 Å². The second kappa shape index (κ2) is 7.86. The first-order chi connectivity index (χ1) is 12.5. The molecule has 0 aliphatic rings. The summed E-state index contributed by atoms with van der Waals surface area (Å²) < 4.78 is 17.4. The Balaban J connectivity index is 1.78. The van der Waals surface area contributed by atoms with Crippen molar-refractivity contribution in [2.75, 3.05) is 0 Å². The van der Waals surface area contributed by atoms with Crippen LogP contribution in [-0.4, -0.2) is 9.89 Å². The normalized spacial score (nSPS) is 13.1. The SMILES string of the molecule is CCC(I)C(=O)Oc1ccc(OC(CC)(CC)c2cc3ccc2o3)cc1. The third-order valence-corrected chi connectivity index (χ3v) is 6.17. The number of rotatable bonds is 8. The maximum Gasteiger partial charge on any atom is 0.324 e. The van der Waals surface area contributed by atoms with Gasteiger partial charge < -0.3 is 13.9 Å². The number of carbonyl (C=O) groups is 1. The van der Waals surface area contributed by atoms with Crippen LogP contribution in [0.3, 0.4) is 0 Å². The molecule has 2 aromatic heterocycles. The van der Waals surface area contributed by atoms with Gasteiger partial charge in [-0.3, -0.25) is 4.79 Å². The first-order valence-corrected chi connectivity index (χ1v) is 10.2. The van der Waals surface area contributed by atoms with E-state index in [-0.39, 0.29) is 9.89 Å². The molecule has 0 amide bonds. The van der Waals surface area contributed by atoms with E-state index in [1.54, 1.807) is 12.1 Å². The average Bonchev–Trinajstić information content (AvgIpc) is 3.30. The third-order valence-electron chi connectivity index (χ3n) is 4.78. The summed E-state index contributed by atoms with van der Waals surface area (Å²) in [6, 6.07) is 13.3. The number of carbonyl (C=O) groups excluding carboxylic acids is 1. The predicted octanol–water partition coefficient (Wildman–Crippen LogP) is 6.08. The molecule has 138 valence electrons. The molecule has 5 heteroatoms. The molecule has 3 rings (SSSR count). The Hall–Kier alpha value is -1.76. The maximum atomic E-state index is 11.9. The summed E-state index contributed by atoms with van der Waals surface area (Å²) in [6.07, 6.45) is 2.40. The number of furan rings is 2. The zero-order chi connectivity index (χ0) is 18.7. The van der Waals surface area contributed by atoms with Crippen LogP contribution in [-0.2, 0) is 10.4 Å². The molecule has 26 heavy (non-hydrogen) atoms. The lowest BCUT2D eigenvalue weighted by molar-refractivity contribution is -0.133. The van der Waals surface area contributed by atoms with Gasteiger partial charge in [-0.25, -0.2) is 0 Å². The van der Waals surface area contributed by atoms with Gasteiger partial charge in [0, 0.05) is 5.56 Å². The number of benzene rings is 2. The fourth-order valence-corrected chi connectivity index (χ4v) is 3.25. The van der Waals surface area contributed by atoms with Gasteiger partial charge in [0.25, 0.3) is 0 Å². The molecule has 0 aliphatic heterocycles.